The Morgan fingerprint density at radius 1 is 1.29 bits per heavy atom. The van der Waals surface area contributed by atoms with Gasteiger partial charge in [0, 0.05) is 12.0 Å². The molecule has 0 amide bonds. The lowest BCUT2D eigenvalue weighted by atomic mass is 10.1. The summed E-state index contributed by atoms with van der Waals surface area (Å²) in [6.07, 6.45) is -0.367. The van der Waals surface area contributed by atoms with E-state index in [9.17, 15) is 5.11 Å². The molecule has 2 aromatic heterocycles. The molecule has 1 unspecified atom stereocenters. The van der Waals surface area contributed by atoms with Gasteiger partial charge >= 0.3 is 0 Å². The van der Waals surface area contributed by atoms with Crippen molar-refractivity contribution in [1.82, 2.24) is 30.4 Å². The number of hydrogen-bond donors (Lipinski definition) is 1. The van der Waals surface area contributed by atoms with E-state index in [1.807, 2.05) is 19.9 Å². The molecule has 2 aromatic rings. The number of aromatic nitrogens is 6. The van der Waals surface area contributed by atoms with Crippen LogP contribution in [0.4, 0.5) is 0 Å². The van der Waals surface area contributed by atoms with Crippen LogP contribution in [0.5, 0.6) is 0 Å². The van der Waals surface area contributed by atoms with Crippen LogP contribution in [0.1, 0.15) is 28.9 Å². The monoisotopic (exact) mass is 234 g/mol. The van der Waals surface area contributed by atoms with Crippen LogP contribution >= 0.6 is 0 Å². The SMILES string of the molecule is Cc1cc(C(O)Cc2nnn(C)n2)c(C)nn1. The maximum absolute atomic E-state index is 10.1. The first kappa shape index (κ1) is 11.6. The molecule has 2 heterocycles. The van der Waals surface area contributed by atoms with Gasteiger partial charge in [-0.15, -0.1) is 10.2 Å². The van der Waals surface area contributed by atoms with Crippen LogP contribution in [0, 0.1) is 13.8 Å². The Labute approximate surface area is 98.5 Å². The van der Waals surface area contributed by atoms with Gasteiger partial charge in [0.1, 0.15) is 0 Å². The highest BCUT2D eigenvalue weighted by Crippen LogP contribution is 2.18. The van der Waals surface area contributed by atoms with Crippen molar-refractivity contribution < 1.29 is 5.11 Å². The second kappa shape index (κ2) is 4.54. The minimum Gasteiger partial charge on any atom is -0.388 e. The van der Waals surface area contributed by atoms with Crippen molar-refractivity contribution in [2.75, 3.05) is 0 Å². The van der Waals surface area contributed by atoms with Gasteiger partial charge in [-0.2, -0.15) is 15.0 Å². The van der Waals surface area contributed by atoms with Crippen molar-refractivity contribution in [3.05, 3.63) is 28.8 Å². The lowest BCUT2D eigenvalue weighted by molar-refractivity contribution is 0.174. The van der Waals surface area contributed by atoms with Crippen LogP contribution < -0.4 is 0 Å². The Bertz CT molecular complexity index is 523. The van der Waals surface area contributed by atoms with Crippen molar-refractivity contribution in [2.45, 2.75) is 26.4 Å². The summed E-state index contributed by atoms with van der Waals surface area (Å²) in [5, 5.41) is 29.6. The van der Waals surface area contributed by atoms with E-state index in [0.29, 0.717) is 17.9 Å². The number of aliphatic hydroxyl groups is 1. The van der Waals surface area contributed by atoms with E-state index >= 15 is 0 Å². The fourth-order valence-corrected chi connectivity index (χ4v) is 1.60. The topological polar surface area (TPSA) is 89.6 Å². The summed E-state index contributed by atoms with van der Waals surface area (Å²) in [6, 6.07) is 1.82. The molecule has 0 spiro atoms. The number of hydrogen-bond acceptors (Lipinski definition) is 6. The highest BCUT2D eigenvalue weighted by atomic mass is 16.3. The molecule has 0 aliphatic rings. The lowest BCUT2D eigenvalue weighted by Crippen LogP contribution is -2.08. The molecule has 0 bridgehead atoms. The summed E-state index contributed by atoms with van der Waals surface area (Å²) in [5.41, 5.74) is 2.24. The zero-order valence-corrected chi connectivity index (χ0v) is 9.99. The van der Waals surface area contributed by atoms with Gasteiger partial charge in [-0.1, -0.05) is 0 Å². The van der Waals surface area contributed by atoms with Gasteiger partial charge in [0.05, 0.1) is 24.5 Å². The number of aliphatic hydroxyl groups excluding tert-OH is 1. The van der Waals surface area contributed by atoms with E-state index in [1.165, 1.54) is 4.80 Å². The van der Waals surface area contributed by atoms with Crippen LogP contribution in [0.15, 0.2) is 6.07 Å². The molecule has 1 atom stereocenters. The van der Waals surface area contributed by atoms with Crippen LogP contribution in [0.2, 0.25) is 0 Å². The summed E-state index contributed by atoms with van der Waals surface area (Å²) in [4.78, 5) is 1.37. The maximum Gasteiger partial charge on any atom is 0.177 e. The van der Waals surface area contributed by atoms with Crippen molar-refractivity contribution in [1.29, 1.82) is 0 Å². The quantitative estimate of drug-likeness (QED) is 0.797. The predicted molar refractivity (Wildman–Crippen MR) is 59.0 cm³/mol. The van der Waals surface area contributed by atoms with Gasteiger partial charge in [-0.3, -0.25) is 0 Å². The Kier molecular flexibility index (Phi) is 3.10. The molecule has 90 valence electrons. The summed E-state index contributed by atoms with van der Waals surface area (Å²) in [7, 11) is 1.69. The average Bonchev–Trinajstić information content (AvgIpc) is 2.67. The zero-order chi connectivity index (χ0) is 12.4. The molecule has 0 aromatic carbocycles. The maximum atomic E-state index is 10.1. The predicted octanol–water partition coefficient (Wildman–Crippen LogP) is -0.107. The van der Waals surface area contributed by atoms with E-state index in [1.54, 1.807) is 7.05 Å². The van der Waals surface area contributed by atoms with E-state index in [4.69, 9.17) is 0 Å². The van der Waals surface area contributed by atoms with E-state index in [-0.39, 0.29) is 0 Å². The lowest BCUT2D eigenvalue weighted by Gasteiger charge is -2.10. The first-order chi connectivity index (χ1) is 8.06. The van der Waals surface area contributed by atoms with Crippen molar-refractivity contribution in [3.63, 3.8) is 0 Å². The highest BCUT2D eigenvalue weighted by molar-refractivity contribution is 5.22. The molecule has 0 fully saturated rings. The van der Waals surface area contributed by atoms with Gasteiger partial charge in [0.15, 0.2) is 5.82 Å². The molecule has 7 nitrogen and oxygen atoms in total. The summed E-state index contributed by atoms with van der Waals surface area (Å²) in [6.45, 7) is 3.65. The molecule has 17 heavy (non-hydrogen) atoms. The Morgan fingerprint density at radius 3 is 2.71 bits per heavy atom. The highest BCUT2D eigenvalue weighted by Gasteiger charge is 2.15. The third-order valence-corrected chi connectivity index (χ3v) is 2.42. The van der Waals surface area contributed by atoms with Gasteiger partial charge in [-0.05, 0) is 25.1 Å². The first-order valence-electron chi connectivity index (χ1n) is 5.28. The zero-order valence-electron chi connectivity index (χ0n) is 9.99. The van der Waals surface area contributed by atoms with Gasteiger partial charge < -0.3 is 5.11 Å². The number of nitrogens with zero attached hydrogens (tertiary/aromatic N) is 6. The standard InChI is InChI=1S/C10H14N6O/c1-6-4-8(7(2)12-11-6)9(17)5-10-13-15-16(3)14-10/h4,9,17H,5H2,1-3H3. The molecular formula is C10H14N6O. The molecule has 0 aliphatic heterocycles. The second-order valence-corrected chi connectivity index (χ2v) is 3.94. The van der Waals surface area contributed by atoms with Crippen molar-refractivity contribution in [3.8, 4) is 0 Å². The van der Waals surface area contributed by atoms with Crippen LogP contribution in [-0.4, -0.2) is 35.5 Å². The molecule has 0 radical (unpaired) electrons. The molecule has 7 heteroatoms. The summed E-state index contributed by atoms with van der Waals surface area (Å²) in [5.74, 6) is 0.508. The first-order valence-corrected chi connectivity index (χ1v) is 5.28. The minimum atomic E-state index is -0.687. The Balaban J connectivity index is 2.19. The van der Waals surface area contributed by atoms with Crippen LogP contribution in [0.3, 0.4) is 0 Å². The second-order valence-electron chi connectivity index (χ2n) is 3.94. The molecule has 0 aliphatic carbocycles. The fraction of sp³-hybridized carbons (Fsp3) is 0.500. The van der Waals surface area contributed by atoms with Crippen LogP contribution in [-0.2, 0) is 13.5 Å². The molecular weight excluding hydrogens is 220 g/mol. The molecule has 0 saturated heterocycles. The smallest absolute Gasteiger partial charge is 0.177 e. The third-order valence-electron chi connectivity index (χ3n) is 2.42. The van der Waals surface area contributed by atoms with E-state index in [0.717, 1.165) is 11.3 Å². The Hall–Kier alpha value is -1.89. The number of tetrazole rings is 1. The summed E-state index contributed by atoms with van der Waals surface area (Å²) >= 11 is 0. The van der Waals surface area contributed by atoms with E-state index in [2.05, 4.69) is 25.6 Å². The molecule has 1 N–H and O–H groups in total. The van der Waals surface area contributed by atoms with Crippen LogP contribution in [0.25, 0.3) is 0 Å². The number of rotatable bonds is 3. The minimum absolute atomic E-state index is 0.319. The van der Waals surface area contributed by atoms with E-state index < -0.39 is 6.10 Å². The third kappa shape index (κ3) is 2.62. The van der Waals surface area contributed by atoms with Crippen molar-refractivity contribution >= 4 is 0 Å². The molecule has 2 rings (SSSR count). The molecule has 0 saturated carbocycles. The summed E-state index contributed by atoms with van der Waals surface area (Å²) < 4.78 is 0. The number of aryl methyl sites for hydroxylation is 3. The average molecular weight is 234 g/mol. The van der Waals surface area contributed by atoms with Gasteiger partial charge in [0.25, 0.3) is 0 Å². The van der Waals surface area contributed by atoms with Gasteiger partial charge in [-0.25, -0.2) is 0 Å². The fourth-order valence-electron chi connectivity index (χ4n) is 1.60. The largest absolute Gasteiger partial charge is 0.388 e. The Morgan fingerprint density at radius 2 is 2.06 bits per heavy atom. The normalized spacial score (nSPS) is 12.7. The van der Waals surface area contributed by atoms with Gasteiger partial charge in [0.2, 0.25) is 0 Å². The van der Waals surface area contributed by atoms with Crippen molar-refractivity contribution in [2.24, 2.45) is 7.05 Å².